The number of fused-ring (bicyclic) bond motifs is 1. The van der Waals surface area contributed by atoms with E-state index in [1.165, 1.54) is 0 Å². The predicted octanol–water partition coefficient (Wildman–Crippen LogP) is 3.49. The van der Waals surface area contributed by atoms with E-state index in [9.17, 15) is 4.79 Å². The van der Waals surface area contributed by atoms with Crippen molar-refractivity contribution in [2.75, 3.05) is 18.8 Å². The Labute approximate surface area is 168 Å². The van der Waals surface area contributed by atoms with Crippen molar-refractivity contribution < 1.29 is 9.53 Å². The van der Waals surface area contributed by atoms with Crippen molar-refractivity contribution in [3.63, 3.8) is 0 Å². The van der Waals surface area contributed by atoms with Gasteiger partial charge in [0, 0.05) is 60.9 Å². The first-order chi connectivity index (χ1) is 13.6. The number of ether oxygens (including phenoxy) is 1. The second kappa shape index (κ2) is 6.94. The third-order valence-electron chi connectivity index (χ3n) is 5.76. The van der Waals surface area contributed by atoms with E-state index in [1.807, 2.05) is 66.4 Å². The van der Waals surface area contributed by atoms with E-state index < -0.39 is 0 Å². The summed E-state index contributed by atoms with van der Waals surface area (Å²) in [7, 11) is 2.02. The molecule has 0 radical (unpaired) electrons. The van der Waals surface area contributed by atoms with Gasteiger partial charge in [-0.1, -0.05) is 6.07 Å². The zero-order valence-corrected chi connectivity index (χ0v) is 16.7. The van der Waals surface area contributed by atoms with Crippen molar-refractivity contribution in [3.05, 3.63) is 66.1 Å². The van der Waals surface area contributed by atoms with Crippen LogP contribution in [0.5, 0.6) is 0 Å². The monoisotopic (exact) mass is 393 g/mol. The molecule has 6 heteroatoms. The van der Waals surface area contributed by atoms with E-state index >= 15 is 0 Å². The summed E-state index contributed by atoms with van der Waals surface area (Å²) in [6.07, 6.45) is 6.92. The maximum absolute atomic E-state index is 12.9. The lowest BCUT2D eigenvalue weighted by molar-refractivity contribution is 0.0255. The first kappa shape index (κ1) is 17.8. The van der Waals surface area contributed by atoms with Gasteiger partial charge >= 0.3 is 0 Å². The van der Waals surface area contributed by atoms with E-state index in [-0.39, 0.29) is 16.8 Å². The van der Waals surface area contributed by atoms with Gasteiger partial charge in [-0.25, -0.2) is 0 Å². The molecule has 144 valence electrons. The molecule has 2 fully saturated rings. The van der Waals surface area contributed by atoms with Gasteiger partial charge in [0.05, 0.1) is 17.5 Å². The normalized spacial score (nSPS) is 20.6. The number of rotatable bonds is 4. The quantitative estimate of drug-likeness (QED) is 0.681. The maximum atomic E-state index is 12.9. The largest absolute Gasteiger partial charge is 0.373 e. The number of likely N-dealkylation sites (tertiary alicyclic amines) is 1. The van der Waals surface area contributed by atoms with Crippen LogP contribution >= 0.6 is 11.8 Å². The van der Waals surface area contributed by atoms with Crippen LogP contribution in [0.4, 0.5) is 0 Å². The average Bonchev–Trinajstić information content (AvgIpc) is 3.29. The molecule has 3 aromatic rings. The second-order valence-electron chi connectivity index (χ2n) is 7.85. The van der Waals surface area contributed by atoms with Crippen LogP contribution in [-0.4, -0.2) is 50.1 Å². The molecule has 5 rings (SSSR count). The fourth-order valence-corrected chi connectivity index (χ4v) is 5.77. The molecule has 1 spiro atoms. The molecule has 4 heterocycles. The molecular formula is C22H23N3O2S. The summed E-state index contributed by atoms with van der Waals surface area (Å²) in [5.74, 6) is 1.13. The SMILES string of the molecule is Cn1ccc2cc(C(=O)N3CC4(C[C@@H](OCc5cccnc5)CS4)C3)ccc21. The lowest BCUT2D eigenvalue weighted by atomic mass is 9.92. The van der Waals surface area contributed by atoms with Gasteiger partial charge in [-0.2, -0.15) is 0 Å². The van der Waals surface area contributed by atoms with Crippen molar-refractivity contribution in [2.24, 2.45) is 7.05 Å². The third kappa shape index (κ3) is 3.20. The number of aryl methyl sites for hydroxylation is 1. The van der Waals surface area contributed by atoms with E-state index in [0.29, 0.717) is 6.61 Å². The smallest absolute Gasteiger partial charge is 0.253 e. The lowest BCUT2D eigenvalue weighted by Gasteiger charge is -2.47. The van der Waals surface area contributed by atoms with Crippen LogP contribution in [0, 0.1) is 0 Å². The van der Waals surface area contributed by atoms with E-state index in [1.54, 1.807) is 6.20 Å². The average molecular weight is 394 g/mol. The Kier molecular flexibility index (Phi) is 4.40. The Bertz CT molecular complexity index is 1010. The highest BCUT2D eigenvalue weighted by atomic mass is 32.2. The van der Waals surface area contributed by atoms with Gasteiger partial charge in [0.2, 0.25) is 0 Å². The minimum Gasteiger partial charge on any atom is -0.373 e. The Hall–Kier alpha value is -2.31. The summed E-state index contributed by atoms with van der Waals surface area (Å²) in [4.78, 5) is 19.0. The number of aromatic nitrogens is 2. The number of amides is 1. The van der Waals surface area contributed by atoms with Gasteiger partial charge in [0.25, 0.3) is 5.91 Å². The zero-order chi connectivity index (χ0) is 19.1. The molecule has 2 aliphatic rings. The van der Waals surface area contributed by atoms with Gasteiger partial charge in [-0.15, -0.1) is 11.8 Å². The van der Waals surface area contributed by atoms with Crippen LogP contribution in [0.1, 0.15) is 22.3 Å². The molecule has 0 aliphatic carbocycles. The lowest BCUT2D eigenvalue weighted by Crippen LogP contribution is -2.60. The number of nitrogens with zero attached hydrogens (tertiary/aromatic N) is 3. The fraction of sp³-hybridized carbons (Fsp3) is 0.364. The van der Waals surface area contributed by atoms with Gasteiger partial charge in [0.15, 0.2) is 0 Å². The van der Waals surface area contributed by atoms with Crippen LogP contribution < -0.4 is 0 Å². The molecule has 28 heavy (non-hydrogen) atoms. The molecule has 2 saturated heterocycles. The highest BCUT2D eigenvalue weighted by Gasteiger charge is 2.51. The number of hydrogen-bond donors (Lipinski definition) is 0. The number of benzene rings is 1. The summed E-state index contributed by atoms with van der Waals surface area (Å²) < 4.78 is 8.33. The molecule has 2 aliphatic heterocycles. The van der Waals surface area contributed by atoms with E-state index in [4.69, 9.17) is 4.74 Å². The highest BCUT2D eigenvalue weighted by Crippen LogP contribution is 2.46. The highest BCUT2D eigenvalue weighted by molar-refractivity contribution is 8.01. The molecule has 5 nitrogen and oxygen atoms in total. The Morgan fingerprint density at radius 3 is 3.04 bits per heavy atom. The standard InChI is InChI=1S/C22H23N3O2S/c1-24-8-6-17-9-18(4-5-20(17)24)21(26)25-14-22(15-25)10-19(13-28-22)27-12-16-3-2-7-23-11-16/h2-9,11,19H,10,12-15H2,1H3/t19-/m1/s1. The Morgan fingerprint density at radius 2 is 2.21 bits per heavy atom. The van der Waals surface area contributed by atoms with Gasteiger partial charge in [-0.05, 0) is 42.3 Å². The third-order valence-corrected chi connectivity index (χ3v) is 7.34. The molecule has 1 aromatic carbocycles. The zero-order valence-electron chi connectivity index (χ0n) is 15.9. The van der Waals surface area contributed by atoms with Crippen LogP contribution in [0.15, 0.2) is 55.0 Å². The molecule has 0 bridgehead atoms. The summed E-state index contributed by atoms with van der Waals surface area (Å²) in [5, 5.41) is 1.11. The molecule has 1 atom stereocenters. The van der Waals surface area contributed by atoms with Gasteiger partial charge in [0.1, 0.15) is 0 Å². The van der Waals surface area contributed by atoms with Crippen LogP contribution in [0.2, 0.25) is 0 Å². The number of thioether (sulfide) groups is 1. The fourth-order valence-electron chi connectivity index (χ4n) is 4.22. The summed E-state index contributed by atoms with van der Waals surface area (Å²) in [6, 6.07) is 12.0. The predicted molar refractivity (Wildman–Crippen MR) is 111 cm³/mol. The Balaban J connectivity index is 1.18. The van der Waals surface area contributed by atoms with Crippen molar-refractivity contribution >= 4 is 28.6 Å². The van der Waals surface area contributed by atoms with Crippen LogP contribution in [0.25, 0.3) is 10.9 Å². The maximum Gasteiger partial charge on any atom is 0.253 e. The number of hydrogen-bond acceptors (Lipinski definition) is 4. The van der Waals surface area contributed by atoms with Crippen molar-refractivity contribution in [2.45, 2.75) is 23.9 Å². The molecule has 1 amide bonds. The first-order valence-corrected chi connectivity index (χ1v) is 10.6. The molecule has 0 N–H and O–H groups in total. The summed E-state index contributed by atoms with van der Waals surface area (Å²) in [5.41, 5.74) is 3.03. The number of pyridine rings is 1. The summed E-state index contributed by atoms with van der Waals surface area (Å²) >= 11 is 1.96. The second-order valence-corrected chi connectivity index (χ2v) is 9.34. The molecular weight excluding hydrogens is 370 g/mol. The molecule has 0 unspecified atom stereocenters. The molecule has 0 saturated carbocycles. The van der Waals surface area contributed by atoms with Crippen molar-refractivity contribution in [1.29, 1.82) is 0 Å². The van der Waals surface area contributed by atoms with Crippen LogP contribution in [0.3, 0.4) is 0 Å². The van der Waals surface area contributed by atoms with Crippen molar-refractivity contribution in [3.8, 4) is 0 Å². The summed E-state index contributed by atoms with van der Waals surface area (Å²) in [6.45, 7) is 2.24. The van der Waals surface area contributed by atoms with E-state index in [0.717, 1.165) is 47.3 Å². The first-order valence-electron chi connectivity index (χ1n) is 9.61. The number of carbonyl (C=O) groups excluding carboxylic acids is 1. The minimum absolute atomic E-state index is 0.136. The topological polar surface area (TPSA) is 47.4 Å². The van der Waals surface area contributed by atoms with Crippen molar-refractivity contribution in [1.82, 2.24) is 14.5 Å². The minimum atomic E-state index is 0.136. The van der Waals surface area contributed by atoms with Crippen LogP contribution in [-0.2, 0) is 18.4 Å². The Morgan fingerprint density at radius 1 is 1.32 bits per heavy atom. The van der Waals surface area contributed by atoms with Gasteiger partial charge in [-0.3, -0.25) is 9.78 Å². The van der Waals surface area contributed by atoms with E-state index in [2.05, 4.69) is 15.6 Å². The number of carbonyl (C=O) groups is 1. The van der Waals surface area contributed by atoms with Gasteiger partial charge < -0.3 is 14.2 Å². The molecule has 2 aromatic heterocycles.